The Hall–Kier alpha value is -2.54. The van der Waals surface area contributed by atoms with Crippen LogP contribution in [-0.4, -0.2) is 33.7 Å². The van der Waals surface area contributed by atoms with Crippen LogP contribution in [0.5, 0.6) is 5.75 Å². The molecule has 0 bridgehead atoms. The minimum absolute atomic E-state index is 0.144. The van der Waals surface area contributed by atoms with Crippen LogP contribution in [-0.2, 0) is 16.4 Å². The van der Waals surface area contributed by atoms with Gasteiger partial charge < -0.3 is 10.1 Å². The summed E-state index contributed by atoms with van der Waals surface area (Å²) in [6.45, 7) is 2.43. The van der Waals surface area contributed by atoms with Crippen LogP contribution in [0.25, 0.3) is 0 Å². The summed E-state index contributed by atoms with van der Waals surface area (Å²) in [5, 5.41) is 2.84. The lowest BCUT2D eigenvalue weighted by Crippen LogP contribution is -2.31. The molecule has 0 saturated heterocycles. The summed E-state index contributed by atoms with van der Waals surface area (Å²) in [5.41, 5.74) is 2.73. The van der Waals surface area contributed by atoms with E-state index in [4.69, 9.17) is 4.74 Å². The third-order valence-corrected chi connectivity index (χ3v) is 6.50. The first kappa shape index (κ1) is 19.2. The fourth-order valence-corrected chi connectivity index (χ4v) is 4.81. The zero-order valence-corrected chi connectivity index (χ0v) is 16.4. The summed E-state index contributed by atoms with van der Waals surface area (Å²) >= 11 is 0. The highest BCUT2D eigenvalue weighted by atomic mass is 32.2. The summed E-state index contributed by atoms with van der Waals surface area (Å²) in [6.07, 6.45) is 2.16. The minimum atomic E-state index is -3.33. The topological polar surface area (TPSA) is 75.7 Å². The van der Waals surface area contributed by atoms with Gasteiger partial charge in [-0.2, -0.15) is 0 Å². The number of unbranched alkanes of at least 4 members (excludes halogenated alkanes) is 1. The van der Waals surface area contributed by atoms with Gasteiger partial charge in [-0.3, -0.25) is 9.10 Å². The van der Waals surface area contributed by atoms with E-state index in [0.29, 0.717) is 42.1 Å². The number of hydrogen-bond donors (Lipinski definition) is 1. The number of nitrogens with zero attached hydrogens (tertiary/aromatic N) is 1. The molecule has 0 aliphatic carbocycles. The van der Waals surface area contributed by atoms with E-state index in [-0.39, 0.29) is 11.7 Å². The molecule has 0 fully saturated rings. The number of carbonyl (C=O) groups is 1. The van der Waals surface area contributed by atoms with Crippen molar-refractivity contribution in [3.05, 3.63) is 53.6 Å². The maximum absolute atomic E-state index is 12.6. The first-order chi connectivity index (χ1) is 12.9. The van der Waals surface area contributed by atoms with E-state index < -0.39 is 10.0 Å². The van der Waals surface area contributed by atoms with Crippen LogP contribution in [0.4, 0.5) is 11.4 Å². The predicted molar refractivity (Wildman–Crippen MR) is 107 cm³/mol. The molecule has 0 radical (unpaired) electrons. The molecular formula is C20H24N2O4S. The van der Waals surface area contributed by atoms with E-state index in [2.05, 4.69) is 5.32 Å². The van der Waals surface area contributed by atoms with Crippen LogP contribution in [0.3, 0.4) is 0 Å². The molecule has 1 N–H and O–H groups in total. The van der Waals surface area contributed by atoms with Gasteiger partial charge >= 0.3 is 0 Å². The average Bonchev–Trinajstić information content (AvgIpc) is 3.10. The van der Waals surface area contributed by atoms with Crippen molar-refractivity contribution in [2.24, 2.45) is 0 Å². The van der Waals surface area contributed by atoms with Crippen molar-refractivity contribution in [1.29, 1.82) is 0 Å². The molecule has 0 spiro atoms. The predicted octanol–water partition coefficient (Wildman–Crippen LogP) is 3.44. The lowest BCUT2D eigenvalue weighted by molar-refractivity contribution is 0.102. The summed E-state index contributed by atoms with van der Waals surface area (Å²) in [5.74, 6) is 0.568. The maximum Gasteiger partial charge on any atom is 0.255 e. The van der Waals surface area contributed by atoms with Crippen molar-refractivity contribution in [1.82, 2.24) is 0 Å². The molecule has 2 aromatic carbocycles. The molecule has 3 rings (SSSR count). The average molecular weight is 388 g/mol. The van der Waals surface area contributed by atoms with E-state index >= 15 is 0 Å². The second-order valence-corrected chi connectivity index (χ2v) is 8.53. The highest BCUT2D eigenvalue weighted by molar-refractivity contribution is 7.92. The lowest BCUT2D eigenvalue weighted by atomic mass is 10.1. The second-order valence-electron chi connectivity index (χ2n) is 6.52. The summed E-state index contributed by atoms with van der Waals surface area (Å²) < 4.78 is 31.8. The maximum atomic E-state index is 12.6. The molecule has 0 aromatic heterocycles. The highest BCUT2D eigenvalue weighted by Gasteiger charge is 2.29. The highest BCUT2D eigenvalue weighted by Crippen LogP contribution is 2.33. The number of carbonyl (C=O) groups excluding carboxylic acids is 1. The quantitative estimate of drug-likeness (QED) is 0.788. The van der Waals surface area contributed by atoms with Gasteiger partial charge in [-0.25, -0.2) is 8.42 Å². The van der Waals surface area contributed by atoms with Crippen molar-refractivity contribution in [3.63, 3.8) is 0 Å². The molecule has 0 atom stereocenters. The number of amides is 1. The molecule has 0 unspecified atom stereocenters. The van der Waals surface area contributed by atoms with Gasteiger partial charge in [-0.1, -0.05) is 19.4 Å². The van der Waals surface area contributed by atoms with Crippen molar-refractivity contribution >= 4 is 27.3 Å². The smallest absolute Gasteiger partial charge is 0.255 e. The fraction of sp³-hybridized carbons (Fsp3) is 0.350. The number of sulfonamides is 1. The molecule has 27 heavy (non-hydrogen) atoms. The van der Waals surface area contributed by atoms with Gasteiger partial charge in [-0.05, 0) is 54.8 Å². The number of fused-ring (bicyclic) bond motifs is 1. The van der Waals surface area contributed by atoms with Crippen molar-refractivity contribution in [2.45, 2.75) is 26.2 Å². The molecule has 144 valence electrons. The van der Waals surface area contributed by atoms with Gasteiger partial charge in [0.1, 0.15) is 5.75 Å². The lowest BCUT2D eigenvalue weighted by Gasteiger charge is -2.20. The Labute approximate surface area is 160 Å². The Bertz CT molecular complexity index is 923. The van der Waals surface area contributed by atoms with Crippen LogP contribution in [0.1, 0.15) is 35.7 Å². The van der Waals surface area contributed by atoms with Gasteiger partial charge in [0.05, 0.1) is 18.6 Å². The van der Waals surface area contributed by atoms with E-state index in [1.807, 2.05) is 19.1 Å². The number of ether oxygens (including phenoxy) is 1. The van der Waals surface area contributed by atoms with Crippen LogP contribution in [0, 0.1) is 0 Å². The van der Waals surface area contributed by atoms with E-state index in [1.165, 1.54) is 4.31 Å². The number of anilines is 2. The SMILES string of the molecule is CCCCS(=O)(=O)N1CCc2ccc(NC(=O)c3ccc(OC)cc3)cc21. The largest absolute Gasteiger partial charge is 0.497 e. The molecule has 1 heterocycles. The number of methoxy groups -OCH3 is 1. The minimum Gasteiger partial charge on any atom is -0.497 e. The first-order valence-electron chi connectivity index (χ1n) is 9.03. The standard InChI is InChI=1S/C20H24N2O4S/c1-3-4-13-27(24,25)22-12-11-15-5-8-17(14-19(15)22)21-20(23)16-6-9-18(26-2)10-7-16/h5-10,14H,3-4,11-13H2,1-2H3,(H,21,23). The number of hydrogen-bond acceptors (Lipinski definition) is 4. The molecule has 1 aliphatic heterocycles. The second kappa shape index (κ2) is 8.00. The first-order valence-corrected chi connectivity index (χ1v) is 10.6. The van der Waals surface area contributed by atoms with Crippen LogP contribution in [0.15, 0.2) is 42.5 Å². The van der Waals surface area contributed by atoms with E-state index in [9.17, 15) is 13.2 Å². The van der Waals surface area contributed by atoms with E-state index in [1.54, 1.807) is 37.4 Å². The fourth-order valence-electron chi connectivity index (χ4n) is 3.10. The summed E-state index contributed by atoms with van der Waals surface area (Å²) in [6, 6.07) is 12.2. The molecule has 6 nitrogen and oxygen atoms in total. The molecule has 0 saturated carbocycles. The third kappa shape index (κ3) is 4.24. The molecular weight excluding hydrogens is 364 g/mol. The van der Waals surface area contributed by atoms with Gasteiger partial charge in [0, 0.05) is 17.8 Å². The summed E-state index contributed by atoms with van der Waals surface area (Å²) in [7, 11) is -1.76. The van der Waals surface area contributed by atoms with Gasteiger partial charge in [0.25, 0.3) is 5.91 Å². The Morgan fingerprint density at radius 2 is 1.93 bits per heavy atom. The third-order valence-electron chi connectivity index (χ3n) is 4.64. The van der Waals surface area contributed by atoms with Gasteiger partial charge in [0.15, 0.2) is 0 Å². The van der Waals surface area contributed by atoms with Crippen LogP contribution < -0.4 is 14.4 Å². The normalized spacial score (nSPS) is 13.3. The Balaban J connectivity index is 1.79. The monoisotopic (exact) mass is 388 g/mol. The molecule has 2 aromatic rings. The molecule has 1 amide bonds. The Morgan fingerprint density at radius 3 is 2.59 bits per heavy atom. The number of benzene rings is 2. The van der Waals surface area contributed by atoms with Gasteiger partial charge in [0.2, 0.25) is 10.0 Å². The van der Waals surface area contributed by atoms with Gasteiger partial charge in [-0.15, -0.1) is 0 Å². The number of nitrogens with one attached hydrogen (secondary N) is 1. The zero-order valence-electron chi connectivity index (χ0n) is 15.6. The van der Waals surface area contributed by atoms with Crippen molar-refractivity contribution in [3.8, 4) is 5.75 Å². The molecule has 1 aliphatic rings. The van der Waals surface area contributed by atoms with Crippen LogP contribution >= 0.6 is 0 Å². The molecule has 7 heteroatoms. The van der Waals surface area contributed by atoms with Crippen molar-refractivity contribution in [2.75, 3.05) is 29.0 Å². The zero-order chi connectivity index (χ0) is 19.4. The van der Waals surface area contributed by atoms with Crippen LogP contribution in [0.2, 0.25) is 0 Å². The Kier molecular flexibility index (Phi) is 5.70. The Morgan fingerprint density at radius 1 is 1.19 bits per heavy atom. The van der Waals surface area contributed by atoms with Crippen molar-refractivity contribution < 1.29 is 17.9 Å². The summed E-state index contributed by atoms with van der Waals surface area (Å²) in [4.78, 5) is 12.4. The van der Waals surface area contributed by atoms with E-state index in [0.717, 1.165) is 12.0 Å². The number of rotatable bonds is 7.